The molecule has 0 bridgehead atoms. The molecule has 0 spiro atoms. The Kier molecular flexibility index (Phi) is 12.4. The van der Waals surface area contributed by atoms with Crippen LogP contribution in [0.5, 0.6) is 0 Å². The number of guanidine groups is 1. The Morgan fingerprint density at radius 3 is 2.55 bits per heavy atom. The predicted molar refractivity (Wildman–Crippen MR) is 131 cm³/mol. The van der Waals surface area contributed by atoms with Crippen LogP contribution in [0, 0.1) is 0 Å². The third-order valence-corrected chi connectivity index (χ3v) is 5.04. The molecular weight excluding hydrogens is 499 g/mol. The number of aliphatic hydroxyl groups excluding tert-OH is 1. The van der Waals surface area contributed by atoms with Gasteiger partial charge >= 0.3 is 0 Å². The summed E-state index contributed by atoms with van der Waals surface area (Å²) < 4.78 is 5.78. The largest absolute Gasteiger partial charge is 0.389 e. The molecule has 29 heavy (non-hydrogen) atoms. The van der Waals surface area contributed by atoms with Gasteiger partial charge in [0.25, 0.3) is 0 Å². The lowest BCUT2D eigenvalue weighted by Gasteiger charge is -2.18. The van der Waals surface area contributed by atoms with Crippen LogP contribution in [0.15, 0.2) is 40.7 Å². The van der Waals surface area contributed by atoms with Gasteiger partial charge in [-0.2, -0.15) is 0 Å². The molecule has 6 nitrogen and oxygen atoms in total. The summed E-state index contributed by atoms with van der Waals surface area (Å²) in [4.78, 5) is 9.16. The second-order valence-electron chi connectivity index (χ2n) is 6.94. The van der Waals surface area contributed by atoms with Crippen molar-refractivity contribution in [3.05, 3.63) is 52.0 Å². The van der Waals surface area contributed by atoms with E-state index in [1.54, 1.807) is 11.3 Å². The first-order valence-electron chi connectivity index (χ1n) is 9.80. The number of aliphatic hydroxyl groups is 1. The van der Waals surface area contributed by atoms with Gasteiger partial charge in [0.1, 0.15) is 5.01 Å². The maximum absolute atomic E-state index is 10.2. The number of halogens is 1. The molecule has 1 aromatic carbocycles. The van der Waals surface area contributed by atoms with Gasteiger partial charge in [0.2, 0.25) is 0 Å². The molecule has 0 saturated carbocycles. The molecule has 3 N–H and O–H groups in total. The zero-order chi connectivity index (χ0) is 20.4. The van der Waals surface area contributed by atoms with Crippen molar-refractivity contribution in [3.63, 3.8) is 0 Å². The number of ether oxygens (including phenoxy) is 1. The Morgan fingerprint density at radius 1 is 1.21 bits per heavy atom. The summed E-state index contributed by atoms with van der Waals surface area (Å²) >= 11 is 1.63. The normalized spacial score (nSPS) is 13.7. The monoisotopic (exact) mass is 532 g/mol. The lowest BCUT2D eigenvalue weighted by molar-refractivity contribution is -0.000599. The van der Waals surface area contributed by atoms with Crippen molar-refractivity contribution in [1.29, 1.82) is 0 Å². The SMILES string of the molecule is CCNC(=NCc1nc(C(C)C)cs1)NCC(O)COC(C)c1ccccc1.I. The molecule has 0 fully saturated rings. The van der Waals surface area contributed by atoms with Gasteiger partial charge in [0.15, 0.2) is 5.96 Å². The van der Waals surface area contributed by atoms with Crippen LogP contribution in [0.25, 0.3) is 0 Å². The Hall–Kier alpha value is -1.23. The molecule has 0 aliphatic carbocycles. The number of aliphatic imine (C=N–C) groups is 1. The van der Waals surface area contributed by atoms with Crippen LogP contribution in [0.2, 0.25) is 0 Å². The van der Waals surface area contributed by atoms with Crippen LogP contribution >= 0.6 is 35.3 Å². The Bertz CT molecular complexity index is 724. The highest BCUT2D eigenvalue weighted by Gasteiger charge is 2.11. The molecule has 0 radical (unpaired) electrons. The van der Waals surface area contributed by atoms with Gasteiger partial charge in [-0.15, -0.1) is 35.3 Å². The minimum absolute atomic E-state index is 0. The predicted octanol–water partition coefficient (Wildman–Crippen LogP) is 4.08. The van der Waals surface area contributed by atoms with Crippen molar-refractivity contribution < 1.29 is 9.84 Å². The van der Waals surface area contributed by atoms with Gasteiger partial charge in [0, 0.05) is 18.5 Å². The van der Waals surface area contributed by atoms with E-state index in [9.17, 15) is 5.11 Å². The lowest BCUT2D eigenvalue weighted by atomic mass is 10.1. The number of rotatable bonds is 10. The topological polar surface area (TPSA) is 78.8 Å². The minimum Gasteiger partial charge on any atom is -0.389 e. The van der Waals surface area contributed by atoms with Gasteiger partial charge in [0.05, 0.1) is 31.1 Å². The summed E-state index contributed by atoms with van der Waals surface area (Å²) in [6.07, 6.45) is -0.680. The number of nitrogens with zero attached hydrogens (tertiary/aromatic N) is 2. The highest BCUT2D eigenvalue weighted by atomic mass is 127. The van der Waals surface area contributed by atoms with E-state index in [4.69, 9.17) is 4.74 Å². The van der Waals surface area contributed by atoms with Crippen molar-refractivity contribution in [3.8, 4) is 0 Å². The smallest absolute Gasteiger partial charge is 0.191 e. The molecule has 8 heteroatoms. The summed E-state index contributed by atoms with van der Waals surface area (Å²) in [6.45, 7) is 10.2. The number of thiazole rings is 1. The Morgan fingerprint density at radius 2 is 1.93 bits per heavy atom. The van der Waals surface area contributed by atoms with E-state index in [1.807, 2.05) is 44.2 Å². The highest BCUT2D eigenvalue weighted by Crippen LogP contribution is 2.18. The van der Waals surface area contributed by atoms with Gasteiger partial charge in [-0.3, -0.25) is 0 Å². The maximum atomic E-state index is 10.2. The minimum atomic E-state index is -0.623. The number of aromatic nitrogens is 1. The fourth-order valence-electron chi connectivity index (χ4n) is 2.50. The molecule has 2 atom stereocenters. The van der Waals surface area contributed by atoms with E-state index in [0.717, 1.165) is 22.8 Å². The van der Waals surface area contributed by atoms with Crippen LogP contribution in [-0.2, 0) is 11.3 Å². The van der Waals surface area contributed by atoms with E-state index in [0.29, 0.717) is 25.0 Å². The molecular formula is C21H33IN4O2S. The van der Waals surface area contributed by atoms with Gasteiger partial charge in [-0.1, -0.05) is 44.2 Å². The molecule has 1 heterocycles. The third-order valence-electron chi connectivity index (χ3n) is 4.19. The molecule has 0 amide bonds. The average Bonchev–Trinajstić information content (AvgIpc) is 3.18. The van der Waals surface area contributed by atoms with Crippen LogP contribution in [-0.4, -0.2) is 41.9 Å². The van der Waals surface area contributed by atoms with Crippen molar-refractivity contribution in [1.82, 2.24) is 15.6 Å². The first-order valence-corrected chi connectivity index (χ1v) is 10.7. The first kappa shape index (κ1) is 25.8. The number of benzene rings is 1. The van der Waals surface area contributed by atoms with Crippen molar-refractivity contribution in [2.24, 2.45) is 4.99 Å². The zero-order valence-corrected chi connectivity index (χ0v) is 20.7. The first-order chi connectivity index (χ1) is 13.5. The fraction of sp³-hybridized carbons (Fsp3) is 0.524. The molecule has 162 valence electrons. The van der Waals surface area contributed by atoms with Crippen molar-refractivity contribution >= 4 is 41.3 Å². The van der Waals surface area contributed by atoms with Crippen LogP contribution in [0.3, 0.4) is 0 Å². The molecule has 2 aromatic rings. The Labute approximate surface area is 195 Å². The highest BCUT2D eigenvalue weighted by molar-refractivity contribution is 14.0. The fourth-order valence-corrected chi connectivity index (χ4v) is 3.38. The molecule has 0 aliphatic rings. The average molecular weight is 532 g/mol. The lowest BCUT2D eigenvalue weighted by Crippen LogP contribution is -2.42. The van der Waals surface area contributed by atoms with E-state index in [2.05, 4.69) is 39.8 Å². The summed E-state index contributed by atoms with van der Waals surface area (Å²) in [6, 6.07) is 9.99. The second kappa shape index (κ2) is 13.9. The van der Waals surface area contributed by atoms with Crippen LogP contribution in [0.4, 0.5) is 0 Å². The molecule has 2 unspecified atom stereocenters. The standard InChI is InChI=1S/C21H32N4O2S.HI/c1-5-22-21(24-12-20-25-19(14-28-20)15(2)3)23-11-18(26)13-27-16(4)17-9-7-6-8-10-17;/h6-10,14-16,18,26H,5,11-13H2,1-4H3,(H2,22,23,24);1H. The molecule has 1 aromatic heterocycles. The number of nitrogens with one attached hydrogen (secondary N) is 2. The van der Waals surface area contributed by atoms with Gasteiger partial charge < -0.3 is 20.5 Å². The van der Waals surface area contributed by atoms with E-state index >= 15 is 0 Å². The van der Waals surface area contributed by atoms with E-state index in [1.165, 1.54) is 0 Å². The van der Waals surface area contributed by atoms with E-state index < -0.39 is 6.10 Å². The Balaban J connectivity index is 0.00000420. The summed E-state index contributed by atoms with van der Waals surface area (Å²) in [5.74, 6) is 1.09. The van der Waals surface area contributed by atoms with E-state index in [-0.39, 0.29) is 36.7 Å². The van der Waals surface area contributed by atoms with Crippen molar-refractivity contribution in [2.75, 3.05) is 19.7 Å². The molecule has 0 saturated heterocycles. The molecule has 2 rings (SSSR count). The quantitative estimate of drug-likeness (QED) is 0.244. The zero-order valence-electron chi connectivity index (χ0n) is 17.6. The van der Waals surface area contributed by atoms with Gasteiger partial charge in [-0.25, -0.2) is 9.98 Å². The summed E-state index contributed by atoms with van der Waals surface area (Å²) in [5, 5.41) is 19.7. The van der Waals surface area contributed by atoms with Gasteiger partial charge in [-0.05, 0) is 25.3 Å². The number of hydrogen-bond acceptors (Lipinski definition) is 5. The summed E-state index contributed by atoms with van der Waals surface area (Å²) in [5.41, 5.74) is 2.20. The van der Waals surface area contributed by atoms with Crippen LogP contribution < -0.4 is 10.6 Å². The maximum Gasteiger partial charge on any atom is 0.191 e. The number of hydrogen-bond donors (Lipinski definition) is 3. The summed E-state index contributed by atoms with van der Waals surface area (Å²) in [7, 11) is 0. The third kappa shape index (κ3) is 9.41. The van der Waals surface area contributed by atoms with Crippen LogP contribution in [0.1, 0.15) is 56.0 Å². The molecule has 0 aliphatic heterocycles. The van der Waals surface area contributed by atoms with Crippen molar-refractivity contribution in [2.45, 2.75) is 52.4 Å². The second-order valence-corrected chi connectivity index (χ2v) is 7.88.